The predicted molar refractivity (Wildman–Crippen MR) is 79.8 cm³/mol. The van der Waals surface area contributed by atoms with Crippen LogP contribution < -0.4 is 0 Å². The third-order valence-corrected chi connectivity index (χ3v) is 2.32. The lowest BCUT2D eigenvalue weighted by molar-refractivity contribution is -0.176. The topological polar surface area (TPSA) is 35.5 Å². The van der Waals surface area contributed by atoms with Gasteiger partial charge in [0.1, 0.15) is 0 Å². The van der Waals surface area contributed by atoms with Crippen LogP contribution in [0.1, 0.15) is 29.8 Å². The number of hydrogen-bond acceptors (Lipinski definition) is 3. The molecule has 0 amide bonds. The monoisotopic (exact) mass is 270 g/mol. The van der Waals surface area contributed by atoms with Crippen molar-refractivity contribution in [3.05, 3.63) is 78.4 Å². The van der Waals surface area contributed by atoms with E-state index in [4.69, 9.17) is 9.78 Å². The molecule has 3 nitrogen and oxygen atoms in total. The van der Waals surface area contributed by atoms with Gasteiger partial charge in [-0.1, -0.05) is 69.0 Å². The van der Waals surface area contributed by atoms with Crippen molar-refractivity contribution in [1.29, 1.82) is 0 Å². The van der Waals surface area contributed by atoms with Crippen LogP contribution in [0.4, 0.5) is 0 Å². The Morgan fingerprint density at radius 3 is 1.75 bits per heavy atom. The molecule has 0 fully saturated rings. The smallest absolute Gasteiger partial charge is 0.287 e. The number of benzene rings is 2. The van der Waals surface area contributed by atoms with Gasteiger partial charge in [-0.05, 0) is 12.1 Å². The second kappa shape index (κ2) is 8.53. The molecule has 0 unspecified atom stereocenters. The Hall–Kier alpha value is -2.55. The Kier molecular flexibility index (Phi) is 6.62. The van der Waals surface area contributed by atoms with Crippen molar-refractivity contribution in [1.82, 2.24) is 0 Å². The lowest BCUT2D eigenvalue weighted by Gasteiger charge is -2.06. The number of carbonyl (C=O) groups excluding carboxylic acids is 1. The second-order valence-electron chi connectivity index (χ2n) is 3.61. The Morgan fingerprint density at radius 2 is 1.25 bits per heavy atom. The maximum Gasteiger partial charge on any atom is 0.386 e. The zero-order valence-electron chi connectivity index (χ0n) is 11.7. The number of carbonyl (C=O) groups is 1. The van der Waals surface area contributed by atoms with E-state index in [0.29, 0.717) is 11.3 Å². The van der Waals surface area contributed by atoms with Crippen LogP contribution in [0.3, 0.4) is 0 Å². The quantitative estimate of drug-likeness (QED) is 0.467. The van der Waals surface area contributed by atoms with Crippen molar-refractivity contribution in [3.63, 3.8) is 0 Å². The van der Waals surface area contributed by atoms with Gasteiger partial charge < -0.3 is 0 Å². The third-order valence-electron chi connectivity index (χ3n) is 2.32. The Labute approximate surface area is 119 Å². The van der Waals surface area contributed by atoms with Gasteiger partial charge >= 0.3 is 5.97 Å². The number of rotatable bonds is 4. The summed E-state index contributed by atoms with van der Waals surface area (Å²) in [5.41, 5.74) is 1.19. The first-order valence-corrected chi connectivity index (χ1v) is 6.45. The molecular formula is C17H18O3. The molecule has 0 spiro atoms. The zero-order chi connectivity index (χ0) is 14.8. The molecule has 0 bridgehead atoms. The molecule has 2 aromatic rings. The molecule has 0 aliphatic heterocycles. The molecule has 0 aromatic heterocycles. The molecule has 0 heterocycles. The van der Waals surface area contributed by atoms with Gasteiger partial charge in [-0.2, -0.15) is 0 Å². The van der Waals surface area contributed by atoms with Crippen LogP contribution >= 0.6 is 0 Å². The highest BCUT2D eigenvalue weighted by Gasteiger charge is 2.09. The van der Waals surface area contributed by atoms with Crippen molar-refractivity contribution < 1.29 is 14.6 Å². The minimum absolute atomic E-state index is 0.292. The highest BCUT2D eigenvalue weighted by Crippen LogP contribution is 2.14. The first-order valence-electron chi connectivity index (χ1n) is 6.45. The van der Waals surface area contributed by atoms with Crippen LogP contribution in [0.2, 0.25) is 0 Å². The summed E-state index contributed by atoms with van der Waals surface area (Å²) in [6.07, 6.45) is 0. The van der Waals surface area contributed by atoms with Crippen molar-refractivity contribution in [2.24, 2.45) is 0 Å². The lowest BCUT2D eigenvalue weighted by atomic mass is 10.2. The first-order chi connectivity index (χ1) is 9.77. The standard InChI is InChI=1S/C15H12O3.C2H6/c1-12(13-8-4-2-5-9-13)17-18-15(16)14-10-6-3-7-11-14;1-2/h2-11H,1H2;1-2H3. The van der Waals surface area contributed by atoms with E-state index in [9.17, 15) is 4.79 Å². The molecular weight excluding hydrogens is 252 g/mol. The van der Waals surface area contributed by atoms with E-state index in [1.807, 2.05) is 50.2 Å². The van der Waals surface area contributed by atoms with E-state index in [1.165, 1.54) is 0 Å². The molecule has 0 saturated heterocycles. The fourth-order valence-corrected chi connectivity index (χ4v) is 1.38. The summed E-state index contributed by atoms with van der Waals surface area (Å²) in [4.78, 5) is 21.2. The maximum absolute atomic E-state index is 11.6. The van der Waals surface area contributed by atoms with Gasteiger partial charge in [-0.25, -0.2) is 9.68 Å². The molecule has 0 aliphatic carbocycles. The SMILES string of the molecule is C=C(OOC(=O)c1ccccc1)c1ccccc1.CC. The van der Waals surface area contributed by atoms with Gasteiger partial charge in [0.25, 0.3) is 0 Å². The summed E-state index contributed by atoms with van der Waals surface area (Å²) in [6.45, 7) is 7.69. The van der Waals surface area contributed by atoms with Crippen molar-refractivity contribution in [3.8, 4) is 0 Å². The van der Waals surface area contributed by atoms with Crippen LogP contribution in [-0.2, 0) is 9.78 Å². The number of hydrogen-bond donors (Lipinski definition) is 0. The molecule has 0 radical (unpaired) electrons. The summed E-state index contributed by atoms with van der Waals surface area (Å²) in [5.74, 6) is -0.257. The normalized spacial score (nSPS) is 8.90. The molecule has 0 aliphatic rings. The summed E-state index contributed by atoms with van der Waals surface area (Å²) in [6, 6.07) is 17.8. The van der Waals surface area contributed by atoms with Gasteiger partial charge in [0.15, 0.2) is 5.76 Å². The summed E-state index contributed by atoms with van der Waals surface area (Å²) >= 11 is 0. The minimum atomic E-state index is -0.548. The molecule has 20 heavy (non-hydrogen) atoms. The highest BCUT2D eigenvalue weighted by molar-refractivity contribution is 5.89. The van der Waals surface area contributed by atoms with Crippen molar-refractivity contribution in [2.75, 3.05) is 0 Å². The van der Waals surface area contributed by atoms with Gasteiger partial charge in [-0.3, -0.25) is 4.89 Å². The molecule has 0 N–H and O–H groups in total. The van der Waals surface area contributed by atoms with Crippen LogP contribution in [-0.4, -0.2) is 5.97 Å². The van der Waals surface area contributed by atoms with Gasteiger partial charge in [0.2, 0.25) is 0 Å². The lowest BCUT2D eigenvalue weighted by Crippen LogP contribution is -2.05. The van der Waals surface area contributed by atoms with Gasteiger partial charge in [0, 0.05) is 5.56 Å². The molecule has 0 saturated carbocycles. The van der Waals surface area contributed by atoms with E-state index in [2.05, 4.69) is 6.58 Å². The molecule has 2 aromatic carbocycles. The van der Waals surface area contributed by atoms with Crippen molar-refractivity contribution >= 4 is 11.7 Å². The summed E-state index contributed by atoms with van der Waals surface area (Å²) in [7, 11) is 0. The Balaban J connectivity index is 0.000000956. The molecule has 3 heteroatoms. The van der Waals surface area contributed by atoms with Crippen molar-refractivity contribution in [2.45, 2.75) is 13.8 Å². The maximum atomic E-state index is 11.6. The third kappa shape index (κ3) is 4.61. The van der Waals surface area contributed by atoms with E-state index >= 15 is 0 Å². The van der Waals surface area contributed by atoms with E-state index in [1.54, 1.807) is 24.3 Å². The van der Waals surface area contributed by atoms with E-state index < -0.39 is 5.97 Å². The van der Waals surface area contributed by atoms with E-state index in [0.717, 1.165) is 5.56 Å². The zero-order valence-corrected chi connectivity index (χ0v) is 11.7. The molecule has 2 rings (SSSR count). The average Bonchev–Trinajstić information content (AvgIpc) is 2.55. The minimum Gasteiger partial charge on any atom is -0.287 e. The predicted octanol–water partition coefficient (Wildman–Crippen LogP) is 4.47. The van der Waals surface area contributed by atoms with Crippen LogP contribution in [0.25, 0.3) is 5.76 Å². The van der Waals surface area contributed by atoms with Crippen LogP contribution in [0, 0.1) is 0 Å². The van der Waals surface area contributed by atoms with Crippen LogP contribution in [0.5, 0.6) is 0 Å². The second-order valence-corrected chi connectivity index (χ2v) is 3.61. The largest absolute Gasteiger partial charge is 0.386 e. The van der Waals surface area contributed by atoms with Crippen LogP contribution in [0.15, 0.2) is 67.2 Å². The highest BCUT2D eigenvalue weighted by atomic mass is 17.2. The summed E-state index contributed by atoms with van der Waals surface area (Å²) in [5, 5.41) is 0. The van der Waals surface area contributed by atoms with Gasteiger partial charge in [-0.15, -0.1) is 0 Å². The average molecular weight is 270 g/mol. The fraction of sp³-hybridized carbons (Fsp3) is 0.118. The molecule has 0 atom stereocenters. The Morgan fingerprint density at radius 1 is 0.800 bits per heavy atom. The summed E-state index contributed by atoms with van der Waals surface area (Å²) < 4.78 is 0. The van der Waals surface area contributed by atoms with E-state index in [-0.39, 0.29) is 0 Å². The first kappa shape index (κ1) is 15.5. The fourth-order valence-electron chi connectivity index (χ4n) is 1.38. The van der Waals surface area contributed by atoms with Gasteiger partial charge in [0.05, 0.1) is 5.56 Å². The Bertz CT molecular complexity index is 481. The molecule has 104 valence electrons.